The molecule has 1 N–H and O–H groups in total. The van der Waals surface area contributed by atoms with Gasteiger partial charge in [-0.3, -0.25) is 4.90 Å². The second kappa shape index (κ2) is 11.8. The SMILES string of the molecule is CCNC(=NCc1cccc(CN2CCOCC2)c1)N1CCN(C(=O)OCC)CC1. The second-order valence-electron chi connectivity index (χ2n) is 7.55. The number of ether oxygens (including phenoxy) is 2. The summed E-state index contributed by atoms with van der Waals surface area (Å²) in [5, 5.41) is 3.39. The minimum Gasteiger partial charge on any atom is -0.450 e. The molecule has 0 radical (unpaired) electrons. The first kappa shape index (κ1) is 22.4. The maximum atomic E-state index is 11.9. The van der Waals surface area contributed by atoms with Crippen LogP contribution in [-0.2, 0) is 22.6 Å². The lowest BCUT2D eigenvalue weighted by Crippen LogP contribution is -2.53. The molecule has 0 unspecified atom stereocenters. The van der Waals surface area contributed by atoms with E-state index in [-0.39, 0.29) is 6.09 Å². The molecular weight excluding hydrogens is 382 g/mol. The zero-order chi connectivity index (χ0) is 21.2. The number of hydrogen-bond donors (Lipinski definition) is 1. The summed E-state index contributed by atoms with van der Waals surface area (Å²) in [6, 6.07) is 8.68. The Labute approximate surface area is 179 Å². The first-order valence-corrected chi connectivity index (χ1v) is 11.0. The standard InChI is InChI=1S/C22H35N5O3/c1-3-23-21(26-8-10-27(11-9-26)22(28)30-4-2)24-17-19-6-5-7-20(16-19)18-25-12-14-29-15-13-25/h5-7,16H,3-4,8-15,17-18H2,1-2H3,(H,23,24). The second-order valence-corrected chi connectivity index (χ2v) is 7.55. The van der Waals surface area contributed by atoms with Crippen LogP contribution in [0.2, 0.25) is 0 Å². The molecule has 0 bridgehead atoms. The summed E-state index contributed by atoms with van der Waals surface area (Å²) >= 11 is 0. The lowest BCUT2D eigenvalue weighted by molar-refractivity contribution is 0.0342. The van der Waals surface area contributed by atoms with Crippen molar-refractivity contribution in [1.82, 2.24) is 20.0 Å². The van der Waals surface area contributed by atoms with E-state index in [4.69, 9.17) is 14.5 Å². The van der Waals surface area contributed by atoms with Crippen molar-refractivity contribution in [2.45, 2.75) is 26.9 Å². The van der Waals surface area contributed by atoms with Crippen molar-refractivity contribution in [3.63, 3.8) is 0 Å². The first-order chi connectivity index (χ1) is 14.7. The van der Waals surface area contributed by atoms with Crippen LogP contribution in [0.3, 0.4) is 0 Å². The van der Waals surface area contributed by atoms with Crippen LogP contribution in [-0.4, -0.2) is 92.4 Å². The summed E-state index contributed by atoms with van der Waals surface area (Å²) < 4.78 is 10.5. The number of morpholine rings is 1. The van der Waals surface area contributed by atoms with E-state index in [1.165, 1.54) is 11.1 Å². The Hall–Kier alpha value is -2.32. The zero-order valence-corrected chi connectivity index (χ0v) is 18.3. The van der Waals surface area contributed by atoms with Crippen molar-refractivity contribution >= 4 is 12.1 Å². The van der Waals surface area contributed by atoms with Crippen molar-refractivity contribution < 1.29 is 14.3 Å². The average Bonchev–Trinajstić information content (AvgIpc) is 2.78. The van der Waals surface area contributed by atoms with Crippen LogP contribution in [0.4, 0.5) is 4.79 Å². The molecule has 2 fully saturated rings. The van der Waals surface area contributed by atoms with Gasteiger partial charge < -0.3 is 24.6 Å². The molecule has 3 rings (SSSR count). The predicted molar refractivity (Wildman–Crippen MR) is 118 cm³/mol. The number of nitrogens with zero attached hydrogens (tertiary/aromatic N) is 4. The summed E-state index contributed by atoms with van der Waals surface area (Å²) in [5.74, 6) is 0.902. The van der Waals surface area contributed by atoms with E-state index in [0.717, 1.165) is 58.4 Å². The van der Waals surface area contributed by atoms with Crippen molar-refractivity contribution in [3.05, 3.63) is 35.4 Å². The molecule has 2 aliphatic rings. The van der Waals surface area contributed by atoms with E-state index in [9.17, 15) is 4.79 Å². The molecule has 2 heterocycles. The fraction of sp³-hybridized carbons (Fsp3) is 0.636. The van der Waals surface area contributed by atoms with Crippen LogP contribution in [0.1, 0.15) is 25.0 Å². The molecule has 30 heavy (non-hydrogen) atoms. The van der Waals surface area contributed by atoms with Crippen molar-refractivity contribution in [2.24, 2.45) is 4.99 Å². The number of aliphatic imine (C=N–C) groups is 1. The van der Waals surface area contributed by atoms with Gasteiger partial charge in [-0.1, -0.05) is 24.3 Å². The van der Waals surface area contributed by atoms with Crippen LogP contribution in [0.5, 0.6) is 0 Å². The van der Waals surface area contributed by atoms with Gasteiger partial charge in [0.15, 0.2) is 5.96 Å². The van der Waals surface area contributed by atoms with Crippen LogP contribution in [0, 0.1) is 0 Å². The topological polar surface area (TPSA) is 69.6 Å². The predicted octanol–water partition coefficient (Wildman–Crippen LogP) is 1.76. The highest BCUT2D eigenvalue weighted by atomic mass is 16.6. The number of hydrogen-bond acceptors (Lipinski definition) is 5. The largest absolute Gasteiger partial charge is 0.450 e. The third kappa shape index (κ3) is 6.60. The number of guanidine groups is 1. The highest BCUT2D eigenvalue weighted by Crippen LogP contribution is 2.12. The summed E-state index contributed by atoms with van der Waals surface area (Å²) in [5.41, 5.74) is 2.53. The Bertz CT molecular complexity index is 698. The van der Waals surface area contributed by atoms with E-state index in [1.54, 1.807) is 4.90 Å². The molecule has 1 amide bonds. The number of rotatable bonds is 6. The summed E-state index contributed by atoms with van der Waals surface area (Å²) in [6.07, 6.45) is -0.226. The molecule has 0 aliphatic carbocycles. The molecular formula is C22H35N5O3. The van der Waals surface area contributed by atoms with E-state index in [1.807, 2.05) is 6.92 Å². The Balaban J connectivity index is 1.57. The molecule has 2 aliphatic heterocycles. The number of benzene rings is 1. The van der Waals surface area contributed by atoms with Crippen LogP contribution < -0.4 is 5.32 Å². The molecule has 8 nitrogen and oxygen atoms in total. The van der Waals surface area contributed by atoms with Crippen molar-refractivity contribution in [3.8, 4) is 0 Å². The fourth-order valence-corrected chi connectivity index (χ4v) is 3.75. The van der Waals surface area contributed by atoms with E-state index >= 15 is 0 Å². The number of amides is 1. The fourth-order valence-electron chi connectivity index (χ4n) is 3.75. The van der Waals surface area contributed by atoms with Gasteiger partial charge in [-0.15, -0.1) is 0 Å². The average molecular weight is 418 g/mol. The number of carbonyl (C=O) groups excluding carboxylic acids is 1. The van der Waals surface area contributed by atoms with E-state index in [0.29, 0.717) is 26.2 Å². The molecule has 0 atom stereocenters. The number of piperazine rings is 1. The molecule has 2 saturated heterocycles. The Morgan fingerprint density at radius 1 is 1.07 bits per heavy atom. The Morgan fingerprint density at radius 3 is 2.47 bits per heavy atom. The van der Waals surface area contributed by atoms with Gasteiger partial charge in [-0.25, -0.2) is 9.79 Å². The van der Waals surface area contributed by atoms with Crippen molar-refractivity contribution in [1.29, 1.82) is 0 Å². The van der Waals surface area contributed by atoms with E-state index < -0.39 is 0 Å². The van der Waals surface area contributed by atoms with Crippen LogP contribution in [0.25, 0.3) is 0 Å². The normalized spacial score (nSPS) is 18.4. The quantitative estimate of drug-likeness (QED) is 0.562. The minimum atomic E-state index is -0.226. The molecule has 8 heteroatoms. The summed E-state index contributed by atoms with van der Waals surface area (Å²) in [4.78, 5) is 23.2. The molecule has 0 aromatic heterocycles. The number of nitrogens with one attached hydrogen (secondary N) is 1. The highest BCUT2D eigenvalue weighted by molar-refractivity contribution is 5.80. The van der Waals surface area contributed by atoms with Gasteiger partial charge in [0.1, 0.15) is 0 Å². The molecule has 0 spiro atoms. The smallest absolute Gasteiger partial charge is 0.409 e. The summed E-state index contributed by atoms with van der Waals surface area (Å²) in [7, 11) is 0. The number of carbonyl (C=O) groups is 1. The van der Waals surface area contributed by atoms with Gasteiger partial charge in [-0.05, 0) is 25.0 Å². The zero-order valence-electron chi connectivity index (χ0n) is 18.3. The van der Waals surface area contributed by atoms with Gasteiger partial charge in [-0.2, -0.15) is 0 Å². The Kier molecular flexibility index (Phi) is 8.77. The maximum absolute atomic E-state index is 11.9. The third-order valence-electron chi connectivity index (χ3n) is 5.35. The maximum Gasteiger partial charge on any atom is 0.409 e. The van der Waals surface area contributed by atoms with Crippen LogP contribution in [0.15, 0.2) is 29.3 Å². The Morgan fingerprint density at radius 2 is 1.77 bits per heavy atom. The van der Waals surface area contributed by atoms with Gasteiger partial charge in [0.2, 0.25) is 0 Å². The van der Waals surface area contributed by atoms with Gasteiger partial charge >= 0.3 is 6.09 Å². The van der Waals surface area contributed by atoms with Gasteiger partial charge in [0, 0.05) is 52.4 Å². The minimum absolute atomic E-state index is 0.226. The van der Waals surface area contributed by atoms with Gasteiger partial charge in [0.25, 0.3) is 0 Å². The monoisotopic (exact) mass is 417 g/mol. The van der Waals surface area contributed by atoms with Gasteiger partial charge in [0.05, 0.1) is 26.4 Å². The lowest BCUT2D eigenvalue weighted by Gasteiger charge is -2.35. The molecule has 166 valence electrons. The van der Waals surface area contributed by atoms with E-state index in [2.05, 4.69) is 46.3 Å². The van der Waals surface area contributed by atoms with Crippen LogP contribution >= 0.6 is 0 Å². The third-order valence-corrected chi connectivity index (χ3v) is 5.35. The summed E-state index contributed by atoms with van der Waals surface area (Å²) in [6.45, 7) is 13.2. The molecule has 0 saturated carbocycles. The van der Waals surface area contributed by atoms with Crippen molar-refractivity contribution in [2.75, 3.05) is 65.6 Å². The first-order valence-electron chi connectivity index (χ1n) is 11.0. The highest BCUT2D eigenvalue weighted by Gasteiger charge is 2.23. The molecule has 1 aromatic rings. The lowest BCUT2D eigenvalue weighted by atomic mass is 10.1. The molecule has 1 aromatic carbocycles.